The molecule has 1 atom stereocenters. The van der Waals surface area contributed by atoms with Crippen molar-refractivity contribution in [2.45, 2.75) is 76.2 Å². The zero-order valence-electron chi connectivity index (χ0n) is 26.0. The minimum atomic E-state index is -4.11. The minimum absolute atomic E-state index is 0.0241. The van der Waals surface area contributed by atoms with E-state index in [4.69, 9.17) is 4.74 Å². The first-order valence-electron chi connectivity index (χ1n) is 14.9. The molecule has 1 aliphatic heterocycles. The van der Waals surface area contributed by atoms with Gasteiger partial charge in [-0.3, -0.25) is 4.79 Å². The average molecular weight is 611 g/mol. The molecule has 1 aliphatic carbocycles. The predicted octanol–water partition coefficient (Wildman–Crippen LogP) is 6.77. The summed E-state index contributed by atoms with van der Waals surface area (Å²) in [6, 6.07) is 20.0. The fourth-order valence-electron chi connectivity index (χ4n) is 6.33. The van der Waals surface area contributed by atoms with E-state index in [0.29, 0.717) is 5.69 Å². The van der Waals surface area contributed by atoms with Gasteiger partial charge in [0.05, 0.1) is 17.1 Å². The van der Waals surface area contributed by atoms with Crippen LogP contribution in [0.5, 0.6) is 5.88 Å². The van der Waals surface area contributed by atoms with Crippen molar-refractivity contribution in [3.8, 4) is 17.1 Å². The van der Waals surface area contributed by atoms with Crippen molar-refractivity contribution in [2.24, 2.45) is 0 Å². The van der Waals surface area contributed by atoms with Gasteiger partial charge < -0.3 is 10.1 Å². The van der Waals surface area contributed by atoms with Crippen LogP contribution in [0.15, 0.2) is 71.6 Å². The minimum Gasteiger partial charge on any atom is -0.467 e. The molecule has 1 unspecified atom stereocenters. The van der Waals surface area contributed by atoms with E-state index in [1.165, 1.54) is 23.3 Å². The van der Waals surface area contributed by atoms with Gasteiger partial charge in [-0.1, -0.05) is 70.2 Å². The number of ether oxygens (including phenoxy) is 1. The SMILES string of the molecule is Cc1cccc(C)c1-c1cc2nc(n1)NS(=O)(=O)c1cccc(c1)C(=O)NCC(c1ccc3c(c1)C(C)(C)CCC3(C)C)O2. The Hall–Kier alpha value is -4.24. The Kier molecular flexibility index (Phi) is 7.27. The summed E-state index contributed by atoms with van der Waals surface area (Å²) >= 11 is 0. The van der Waals surface area contributed by atoms with E-state index in [1.54, 1.807) is 18.2 Å². The lowest BCUT2D eigenvalue weighted by molar-refractivity contribution is 0.0925. The number of rotatable bonds is 2. The Balaban J connectivity index is 1.52. The predicted molar refractivity (Wildman–Crippen MR) is 172 cm³/mol. The molecule has 3 aromatic carbocycles. The van der Waals surface area contributed by atoms with Crippen LogP contribution in [0, 0.1) is 13.8 Å². The summed E-state index contributed by atoms with van der Waals surface area (Å²) < 4.78 is 36.0. The van der Waals surface area contributed by atoms with Crippen molar-refractivity contribution < 1.29 is 17.9 Å². The van der Waals surface area contributed by atoms with Crippen molar-refractivity contribution in [2.75, 3.05) is 11.3 Å². The van der Waals surface area contributed by atoms with Crippen LogP contribution in [0.1, 0.15) is 84.8 Å². The lowest BCUT2D eigenvalue weighted by atomic mass is 9.63. The van der Waals surface area contributed by atoms with E-state index < -0.39 is 22.0 Å². The highest BCUT2D eigenvalue weighted by molar-refractivity contribution is 7.92. The number of carbonyl (C=O) groups is 1. The number of benzene rings is 3. The third-order valence-electron chi connectivity index (χ3n) is 9.03. The number of carbonyl (C=O) groups excluding carboxylic acids is 1. The van der Waals surface area contributed by atoms with E-state index in [2.05, 4.69) is 65.9 Å². The second kappa shape index (κ2) is 10.7. The van der Waals surface area contributed by atoms with Gasteiger partial charge in [-0.15, -0.1) is 0 Å². The third kappa shape index (κ3) is 5.56. The second-order valence-electron chi connectivity index (χ2n) is 13.2. The normalized spacial score (nSPS) is 20.0. The first-order chi connectivity index (χ1) is 20.7. The summed E-state index contributed by atoms with van der Waals surface area (Å²) in [5.41, 5.74) is 7.10. The molecule has 1 aromatic heterocycles. The molecule has 0 spiro atoms. The number of anilines is 1. The fourth-order valence-corrected chi connectivity index (χ4v) is 7.32. The van der Waals surface area contributed by atoms with Gasteiger partial charge in [-0.25, -0.2) is 18.1 Å². The monoisotopic (exact) mass is 610 g/mol. The number of fused-ring (bicyclic) bond motifs is 5. The van der Waals surface area contributed by atoms with Crippen LogP contribution in [0.2, 0.25) is 0 Å². The maximum atomic E-state index is 13.4. The smallest absolute Gasteiger partial charge is 0.264 e. The summed E-state index contributed by atoms with van der Waals surface area (Å²) in [4.78, 5) is 22.4. The number of sulfonamides is 1. The number of aryl methyl sites for hydroxylation is 2. The number of amides is 1. The molecule has 0 fully saturated rings. The van der Waals surface area contributed by atoms with Crippen molar-refractivity contribution in [1.82, 2.24) is 15.3 Å². The summed E-state index contributed by atoms with van der Waals surface area (Å²) in [5, 5.41) is 2.97. The van der Waals surface area contributed by atoms with Gasteiger partial charge in [0, 0.05) is 17.2 Å². The maximum Gasteiger partial charge on any atom is 0.264 e. The van der Waals surface area contributed by atoms with Crippen LogP contribution >= 0.6 is 0 Å². The molecule has 0 radical (unpaired) electrons. The molecule has 4 bridgehead atoms. The third-order valence-corrected chi connectivity index (χ3v) is 10.4. The zero-order valence-corrected chi connectivity index (χ0v) is 26.8. The molecule has 8 nitrogen and oxygen atoms in total. The molecule has 228 valence electrons. The van der Waals surface area contributed by atoms with Crippen molar-refractivity contribution in [3.63, 3.8) is 0 Å². The van der Waals surface area contributed by atoms with E-state index in [1.807, 2.05) is 32.0 Å². The molecular formula is C35H38N4O4S. The molecule has 2 aliphatic rings. The first kappa shape index (κ1) is 29.8. The summed E-state index contributed by atoms with van der Waals surface area (Å²) in [7, 11) is -4.11. The molecule has 0 saturated heterocycles. The molecule has 6 rings (SSSR count). The molecule has 0 saturated carbocycles. The van der Waals surface area contributed by atoms with Gasteiger partial charge >= 0.3 is 0 Å². The van der Waals surface area contributed by atoms with Gasteiger partial charge in [0.1, 0.15) is 6.10 Å². The highest BCUT2D eigenvalue weighted by Gasteiger charge is 2.37. The van der Waals surface area contributed by atoms with E-state index in [-0.39, 0.29) is 39.7 Å². The van der Waals surface area contributed by atoms with E-state index in [9.17, 15) is 13.2 Å². The number of hydrogen-bond donors (Lipinski definition) is 2. The maximum absolute atomic E-state index is 13.4. The topological polar surface area (TPSA) is 110 Å². The Morgan fingerprint density at radius 1 is 0.841 bits per heavy atom. The van der Waals surface area contributed by atoms with Gasteiger partial charge in [0.2, 0.25) is 11.8 Å². The average Bonchev–Trinajstić information content (AvgIpc) is 2.97. The lowest BCUT2D eigenvalue weighted by Crippen LogP contribution is -2.35. The van der Waals surface area contributed by atoms with E-state index >= 15 is 0 Å². The quantitative estimate of drug-likeness (QED) is 0.259. The summed E-state index contributed by atoms with van der Waals surface area (Å²) in [6.07, 6.45) is 1.55. The van der Waals surface area contributed by atoms with Crippen molar-refractivity contribution in [3.05, 3.63) is 100 Å². The molecule has 4 aromatic rings. The van der Waals surface area contributed by atoms with Gasteiger partial charge in [0.15, 0.2) is 0 Å². The number of aromatic nitrogens is 2. The number of nitrogens with zero attached hydrogens (tertiary/aromatic N) is 2. The van der Waals surface area contributed by atoms with Gasteiger partial charge in [-0.2, -0.15) is 4.98 Å². The molecule has 2 heterocycles. The Bertz CT molecular complexity index is 1880. The van der Waals surface area contributed by atoms with Crippen LogP contribution in [0.25, 0.3) is 11.3 Å². The highest BCUT2D eigenvalue weighted by atomic mass is 32.2. The molecule has 44 heavy (non-hydrogen) atoms. The lowest BCUT2D eigenvalue weighted by Gasteiger charge is -2.42. The molecule has 2 N–H and O–H groups in total. The van der Waals surface area contributed by atoms with Crippen molar-refractivity contribution in [1.29, 1.82) is 0 Å². The molecule has 9 heteroatoms. The number of hydrogen-bond acceptors (Lipinski definition) is 6. The number of nitrogens with one attached hydrogen (secondary N) is 2. The second-order valence-corrected chi connectivity index (χ2v) is 14.9. The molecular weight excluding hydrogens is 572 g/mol. The Morgan fingerprint density at radius 3 is 2.25 bits per heavy atom. The zero-order chi connectivity index (χ0) is 31.4. The van der Waals surface area contributed by atoms with Crippen LogP contribution in [-0.2, 0) is 20.9 Å². The standard InChI is InChI=1S/C35H38N4O4S/c1-21-9-7-10-22(2)31(21)28-19-30-38-33(37-28)39-44(41,42)25-12-8-11-24(17-25)32(40)36-20-29(43-30)23-13-14-26-27(18-23)35(5,6)16-15-34(26,3)4/h7-14,17-19,29H,15-16,20H2,1-6H3,(H,36,40)(H,37,38,39). The largest absolute Gasteiger partial charge is 0.467 e. The van der Waals surface area contributed by atoms with Crippen LogP contribution in [0.4, 0.5) is 5.95 Å². The van der Waals surface area contributed by atoms with Gasteiger partial charge in [-0.05, 0) is 83.5 Å². The Morgan fingerprint density at radius 2 is 1.52 bits per heavy atom. The fraction of sp³-hybridized carbons (Fsp3) is 0.343. The van der Waals surface area contributed by atoms with Crippen LogP contribution in [-0.4, -0.2) is 30.8 Å². The van der Waals surface area contributed by atoms with Crippen molar-refractivity contribution >= 4 is 21.9 Å². The summed E-state index contributed by atoms with van der Waals surface area (Å²) in [6.45, 7) is 13.2. The first-order valence-corrected chi connectivity index (χ1v) is 16.4. The molecule has 1 amide bonds. The van der Waals surface area contributed by atoms with Crippen LogP contribution < -0.4 is 14.8 Å². The highest BCUT2D eigenvalue weighted by Crippen LogP contribution is 2.46. The van der Waals surface area contributed by atoms with Gasteiger partial charge in [0.25, 0.3) is 15.9 Å². The van der Waals surface area contributed by atoms with Crippen LogP contribution in [0.3, 0.4) is 0 Å². The van der Waals surface area contributed by atoms with E-state index in [0.717, 1.165) is 35.1 Å². The Labute approximate surface area is 259 Å². The summed E-state index contributed by atoms with van der Waals surface area (Å²) in [5.74, 6) is -0.322.